The Morgan fingerprint density at radius 3 is 2.85 bits per heavy atom. The zero-order chi connectivity index (χ0) is 19.6. The van der Waals surface area contributed by atoms with E-state index < -0.39 is 0 Å². The predicted molar refractivity (Wildman–Crippen MR) is 121 cm³/mol. The van der Waals surface area contributed by atoms with Gasteiger partial charge in [-0.1, -0.05) is 54.1 Å². The molecule has 0 spiro atoms. The Labute approximate surface area is 175 Å². The fourth-order valence-corrected chi connectivity index (χ4v) is 4.03. The van der Waals surface area contributed by atoms with E-state index in [4.69, 9.17) is 11.6 Å². The van der Waals surface area contributed by atoms with Gasteiger partial charge in [0.1, 0.15) is 5.82 Å². The molecule has 0 saturated carbocycles. The second-order valence-corrected chi connectivity index (χ2v) is 8.35. The number of halogens is 2. The second kappa shape index (κ2) is 11.3. The lowest BCUT2D eigenvalue weighted by Crippen LogP contribution is -2.00. The summed E-state index contributed by atoms with van der Waals surface area (Å²) in [4.78, 5) is 2.36. The predicted octanol–water partition coefficient (Wildman–Crippen LogP) is 7.71. The molecule has 1 aliphatic rings. The largest absolute Gasteiger partial charge is 0.326 e. The summed E-state index contributed by atoms with van der Waals surface area (Å²) in [6.07, 6.45) is 15.4. The molecule has 0 aromatic heterocycles. The molecule has 0 atom stereocenters. The number of nitrogens with one attached hydrogen (secondary N) is 1. The highest BCUT2D eigenvalue weighted by Crippen LogP contribution is 2.30. The Bertz CT molecular complexity index is 835. The molecule has 2 rings (SSSR count). The van der Waals surface area contributed by atoms with Crippen molar-refractivity contribution in [3.05, 3.63) is 105 Å². The van der Waals surface area contributed by atoms with Crippen molar-refractivity contribution in [2.24, 2.45) is 0 Å². The lowest BCUT2D eigenvalue weighted by Gasteiger charge is -2.06. The van der Waals surface area contributed by atoms with Crippen LogP contribution in [0, 0.1) is 5.82 Å². The highest BCUT2D eigenvalue weighted by Gasteiger charge is 2.06. The standard InChI is InChI=1S/C22H23ClFNS2/c1-4-20(12-8-16(2)3)27-25-19-6-5-7-21(13-11-19)26-15-17-9-10-18(24)14-22(17)23/h4-6,8-14,25H,2,7,15H2,1,3H3/b12-8-,20-4?. The summed E-state index contributed by atoms with van der Waals surface area (Å²) in [7, 11) is 0. The van der Waals surface area contributed by atoms with Crippen LogP contribution in [-0.2, 0) is 5.75 Å². The number of thioether (sulfide) groups is 1. The minimum absolute atomic E-state index is 0.305. The van der Waals surface area contributed by atoms with E-state index in [9.17, 15) is 4.39 Å². The van der Waals surface area contributed by atoms with E-state index in [0.717, 1.165) is 33.9 Å². The summed E-state index contributed by atoms with van der Waals surface area (Å²) < 4.78 is 16.5. The van der Waals surface area contributed by atoms with Gasteiger partial charge in [0, 0.05) is 21.4 Å². The molecular weight excluding hydrogens is 397 g/mol. The topological polar surface area (TPSA) is 12.0 Å². The zero-order valence-corrected chi connectivity index (χ0v) is 17.9. The molecule has 142 valence electrons. The van der Waals surface area contributed by atoms with Crippen molar-refractivity contribution in [3.8, 4) is 0 Å². The van der Waals surface area contributed by atoms with Crippen molar-refractivity contribution < 1.29 is 4.39 Å². The first kappa shape index (κ1) is 21.7. The Hall–Kier alpha value is -1.62. The van der Waals surface area contributed by atoms with Crippen molar-refractivity contribution >= 4 is 35.3 Å². The number of benzene rings is 1. The van der Waals surface area contributed by atoms with E-state index in [-0.39, 0.29) is 5.82 Å². The lowest BCUT2D eigenvalue weighted by atomic mass is 10.2. The quantitative estimate of drug-likeness (QED) is 0.342. The average Bonchev–Trinajstić information content (AvgIpc) is 2.86. The fourth-order valence-electron chi connectivity index (χ4n) is 2.12. The number of allylic oxidation sites excluding steroid dienone is 9. The summed E-state index contributed by atoms with van der Waals surface area (Å²) in [6, 6.07) is 4.55. The van der Waals surface area contributed by atoms with Crippen LogP contribution in [0.4, 0.5) is 4.39 Å². The number of hydrogen-bond donors (Lipinski definition) is 1. The molecule has 1 aromatic carbocycles. The van der Waals surface area contributed by atoms with Gasteiger partial charge in [0.25, 0.3) is 0 Å². The molecule has 1 nitrogen and oxygen atoms in total. The maximum absolute atomic E-state index is 13.1. The molecule has 1 aromatic rings. The van der Waals surface area contributed by atoms with Crippen molar-refractivity contribution in [3.63, 3.8) is 0 Å². The molecule has 27 heavy (non-hydrogen) atoms. The Morgan fingerprint density at radius 1 is 1.33 bits per heavy atom. The lowest BCUT2D eigenvalue weighted by molar-refractivity contribution is 0.627. The third-order valence-electron chi connectivity index (χ3n) is 3.60. The summed E-state index contributed by atoms with van der Waals surface area (Å²) in [5, 5.41) is 0.475. The van der Waals surface area contributed by atoms with Gasteiger partial charge in [-0.25, -0.2) is 4.39 Å². The second-order valence-electron chi connectivity index (χ2n) is 5.96. The SMILES string of the molecule is C=C(C)/C=C\C(=CC)SNC1=CC=C(SCc2ccc(F)cc2Cl)CC=C1. The highest BCUT2D eigenvalue weighted by molar-refractivity contribution is 8.02. The van der Waals surface area contributed by atoms with Crippen LogP contribution in [-0.4, -0.2) is 0 Å². The van der Waals surface area contributed by atoms with Crippen LogP contribution in [0.3, 0.4) is 0 Å². The first-order valence-electron chi connectivity index (χ1n) is 8.55. The van der Waals surface area contributed by atoms with Crippen LogP contribution >= 0.6 is 35.3 Å². The van der Waals surface area contributed by atoms with Crippen molar-refractivity contribution in [2.45, 2.75) is 26.0 Å². The molecule has 0 radical (unpaired) electrons. The van der Waals surface area contributed by atoms with E-state index in [1.165, 1.54) is 17.0 Å². The molecule has 0 aliphatic heterocycles. The molecule has 5 heteroatoms. The molecule has 0 bridgehead atoms. The number of hydrogen-bond acceptors (Lipinski definition) is 3. The van der Waals surface area contributed by atoms with Crippen LogP contribution < -0.4 is 4.72 Å². The first-order valence-corrected chi connectivity index (χ1v) is 10.7. The average molecular weight is 420 g/mol. The van der Waals surface area contributed by atoms with Gasteiger partial charge in [-0.05, 0) is 73.0 Å². The highest BCUT2D eigenvalue weighted by atomic mass is 35.5. The molecule has 0 heterocycles. The first-order chi connectivity index (χ1) is 13.0. The van der Waals surface area contributed by atoms with Crippen LogP contribution in [0.2, 0.25) is 5.02 Å². The minimum Gasteiger partial charge on any atom is -0.326 e. The maximum Gasteiger partial charge on any atom is 0.124 e. The molecule has 0 saturated heterocycles. The summed E-state index contributed by atoms with van der Waals surface area (Å²) in [6.45, 7) is 7.86. The van der Waals surface area contributed by atoms with Gasteiger partial charge < -0.3 is 4.72 Å². The van der Waals surface area contributed by atoms with Crippen LogP contribution in [0.15, 0.2) is 88.4 Å². The number of rotatable bonds is 8. The third-order valence-corrected chi connectivity index (χ3v) is 6.02. The molecule has 0 fully saturated rings. The maximum atomic E-state index is 13.1. The van der Waals surface area contributed by atoms with Gasteiger partial charge in [0.05, 0.1) is 0 Å². The monoisotopic (exact) mass is 419 g/mol. The Kier molecular flexibility index (Phi) is 9.05. The molecule has 0 unspecified atom stereocenters. The van der Waals surface area contributed by atoms with Crippen molar-refractivity contribution in [1.29, 1.82) is 0 Å². The van der Waals surface area contributed by atoms with E-state index in [0.29, 0.717) is 5.02 Å². The van der Waals surface area contributed by atoms with Gasteiger partial charge in [-0.15, -0.1) is 11.8 Å². The van der Waals surface area contributed by atoms with Crippen molar-refractivity contribution in [2.75, 3.05) is 0 Å². The van der Waals surface area contributed by atoms with E-state index in [1.54, 1.807) is 29.8 Å². The molecule has 1 aliphatic carbocycles. The summed E-state index contributed by atoms with van der Waals surface area (Å²) in [5.41, 5.74) is 3.00. The van der Waals surface area contributed by atoms with Crippen LogP contribution in [0.5, 0.6) is 0 Å². The Balaban J connectivity index is 1.93. The van der Waals surface area contributed by atoms with Gasteiger partial charge in [0.2, 0.25) is 0 Å². The fraction of sp³-hybridized carbons (Fsp3) is 0.182. The molecular formula is C22H23ClFNS2. The zero-order valence-electron chi connectivity index (χ0n) is 15.5. The summed E-state index contributed by atoms with van der Waals surface area (Å²) >= 11 is 9.39. The van der Waals surface area contributed by atoms with Crippen LogP contribution in [0.25, 0.3) is 0 Å². The van der Waals surface area contributed by atoms with Gasteiger partial charge >= 0.3 is 0 Å². The van der Waals surface area contributed by atoms with E-state index in [1.807, 2.05) is 26.0 Å². The van der Waals surface area contributed by atoms with E-state index >= 15 is 0 Å². The minimum atomic E-state index is -0.305. The van der Waals surface area contributed by atoms with Crippen LogP contribution in [0.1, 0.15) is 25.8 Å². The molecule has 0 amide bonds. The van der Waals surface area contributed by atoms with Gasteiger partial charge in [-0.2, -0.15) is 0 Å². The van der Waals surface area contributed by atoms with E-state index in [2.05, 4.69) is 41.7 Å². The van der Waals surface area contributed by atoms with Gasteiger partial charge in [0.15, 0.2) is 0 Å². The Morgan fingerprint density at radius 2 is 2.15 bits per heavy atom. The third kappa shape index (κ3) is 7.87. The normalized spacial score (nSPS) is 14.7. The van der Waals surface area contributed by atoms with Gasteiger partial charge in [-0.3, -0.25) is 0 Å². The van der Waals surface area contributed by atoms with Crippen molar-refractivity contribution in [1.82, 2.24) is 4.72 Å². The molecule has 1 N–H and O–H groups in total. The smallest absolute Gasteiger partial charge is 0.124 e. The summed E-state index contributed by atoms with van der Waals surface area (Å²) in [5.74, 6) is 0.415.